The SMILES string of the molecule is Cn1cc([C@H](NC(=O)c2cc(=O)n(-c3ccccc3)[nH]2)C2CC(O)C2)cn1. The number of rotatable bonds is 5. The molecular formula is C19H21N5O3. The van der Waals surface area contributed by atoms with Crippen LogP contribution in [0.1, 0.15) is 34.9 Å². The number of H-pyrrole nitrogens is 1. The number of amides is 1. The zero-order valence-corrected chi connectivity index (χ0v) is 14.9. The number of hydrogen-bond donors (Lipinski definition) is 3. The number of carbonyl (C=O) groups is 1. The van der Waals surface area contributed by atoms with Crippen LogP contribution in [0.2, 0.25) is 0 Å². The first-order valence-corrected chi connectivity index (χ1v) is 8.86. The third kappa shape index (κ3) is 3.43. The van der Waals surface area contributed by atoms with Crippen molar-refractivity contribution in [1.82, 2.24) is 24.9 Å². The molecule has 3 N–H and O–H groups in total. The highest BCUT2D eigenvalue weighted by Gasteiger charge is 2.36. The number of nitrogens with one attached hydrogen (secondary N) is 2. The molecule has 0 spiro atoms. The van der Waals surface area contributed by atoms with Gasteiger partial charge in [0.2, 0.25) is 0 Å². The first kappa shape index (κ1) is 17.3. The molecule has 1 amide bonds. The molecule has 0 aliphatic heterocycles. The van der Waals surface area contributed by atoms with E-state index in [2.05, 4.69) is 15.5 Å². The van der Waals surface area contributed by atoms with E-state index >= 15 is 0 Å². The quantitative estimate of drug-likeness (QED) is 0.629. The number of aliphatic hydroxyl groups excluding tert-OH is 1. The van der Waals surface area contributed by atoms with Crippen LogP contribution in [0, 0.1) is 5.92 Å². The van der Waals surface area contributed by atoms with Gasteiger partial charge < -0.3 is 10.4 Å². The van der Waals surface area contributed by atoms with Gasteiger partial charge in [-0.05, 0) is 30.9 Å². The van der Waals surface area contributed by atoms with Crippen molar-refractivity contribution in [2.24, 2.45) is 13.0 Å². The van der Waals surface area contributed by atoms with Crippen LogP contribution in [-0.4, -0.2) is 36.7 Å². The lowest BCUT2D eigenvalue weighted by Gasteiger charge is -2.37. The molecule has 140 valence electrons. The van der Waals surface area contributed by atoms with Gasteiger partial charge in [-0.1, -0.05) is 18.2 Å². The third-order valence-corrected chi connectivity index (χ3v) is 4.97. The molecule has 1 saturated carbocycles. The molecule has 4 rings (SSSR count). The zero-order valence-electron chi connectivity index (χ0n) is 14.9. The minimum Gasteiger partial charge on any atom is -0.393 e. The Hall–Kier alpha value is -3.13. The number of nitrogens with zero attached hydrogens (tertiary/aromatic N) is 3. The minimum atomic E-state index is -0.364. The molecule has 0 radical (unpaired) electrons. The number of carbonyl (C=O) groups excluding carboxylic acids is 1. The van der Waals surface area contributed by atoms with Crippen LogP contribution in [-0.2, 0) is 7.05 Å². The molecule has 1 aliphatic carbocycles. The van der Waals surface area contributed by atoms with E-state index in [4.69, 9.17) is 0 Å². The van der Waals surface area contributed by atoms with Crippen LogP contribution in [0.5, 0.6) is 0 Å². The summed E-state index contributed by atoms with van der Waals surface area (Å²) in [6, 6.07) is 10.1. The molecule has 8 heteroatoms. The molecule has 1 atom stereocenters. The van der Waals surface area contributed by atoms with Crippen LogP contribution in [0.3, 0.4) is 0 Å². The van der Waals surface area contributed by atoms with Crippen molar-refractivity contribution >= 4 is 5.91 Å². The molecule has 1 fully saturated rings. The summed E-state index contributed by atoms with van der Waals surface area (Å²) in [4.78, 5) is 25.0. The molecule has 0 saturated heterocycles. The molecule has 2 aromatic heterocycles. The van der Waals surface area contributed by atoms with Gasteiger partial charge in [0.05, 0.1) is 24.0 Å². The van der Waals surface area contributed by atoms with E-state index in [0.717, 1.165) is 5.56 Å². The predicted molar refractivity (Wildman–Crippen MR) is 98.5 cm³/mol. The van der Waals surface area contributed by atoms with Crippen molar-refractivity contribution in [3.63, 3.8) is 0 Å². The fraction of sp³-hybridized carbons (Fsp3) is 0.316. The Morgan fingerprint density at radius 2 is 2.07 bits per heavy atom. The van der Waals surface area contributed by atoms with Crippen LogP contribution in [0.4, 0.5) is 0 Å². The van der Waals surface area contributed by atoms with Crippen molar-refractivity contribution in [3.05, 3.63) is 70.4 Å². The molecular weight excluding hydrogens is 346 g/mol. The van der Waals surface area contributed by atoms with E-state index in [1.54, 1.807) is 23.0 Å². The molecule has 3 aromatic rings. The van der Waals surface area contributed by atoms with Crippen LogP contribution >= 0.6 is 0 Å². The van der Waals surface area contributed by atoms with Crippen LogP contribution < -0.4 is 10.9 Å². The number of aromatic amines is 1. The van der Waals surface area contributed by atoms with E-state index in [9.17, 15) is 14.7 Å². The molecule has 27 heavy (non-hydrogen) atoms. The number of hydrogen-bond acceptors (Lipinski definition) is 4. The molecule has 1 aliphatic rings. The summed E-state index contributed by atoms with van der Waals surface area (Å²) in [6.07, 6.45) is 4.49. The Morgan fingerprint density at radius 1 is 1.33 bits per heavy atom. The number of para-hydroxylation sites is 1. The van der Waals surface area contributed by atoms with Gasteiger partial charge in [0.1, 0.15) is 5.69 Å². The maximum Gasteiger partial charge on any atom is 0.271 e. The largest absolute Gasteiger partial charge is 0.393 e. The standard InChI is InChI=1S/C19H21N5O3/c1-23-11-13(10-20-23)18(12-7-15(25)8-12)21-19(27)16-9-17(26)24(22-16)14-5-3-2-4-6-14/h2-6,9-12,15,18,22,25H,7-8H2,1H3,(H,21,27)/t12?,15?,18-/m1/s1. The summed E-state index contributed by atoms with van der Waals surface area (Å²) < 4.78 is 3.01. The van der Waals surface area contributed by atoms with Gasteiger partial charge in [-0.2, -0.15) is 5.10 Å². The molecule has 8 nitrogen and oxygen atoms in total. The topological polar surface area (TPSA) is 105 Å². The van der Waals surface area contributed by atoms with Gasteiger partial charge in [-0.25, -0.2) is 4.68 Å². The highest BCUT2D eigenvalue weighted by atomic mass is 16.3. The van der Waals surface area contributed by atoms with Crippen LogP contribution in [0.25, 0.3) is 5.69 Å². The van der Waals surface area contributed by atoms with E-state index in [1.165, 1.54) is 10.7 Å². The lowest BCUT2D eigenvalue weighted by atomic mass is 9.75. The van der Waals surface area contributed by atoms with Crippen LogP contribution in [0.15, 0.2) is 53.6 Å². The second-order valence-electron chi connectivity index (χ2n) is 6.96. The predicted octanol–water partition coefficient (Wildman–Crippen LogP) is 1.14. The first-order chi connectivity index (χ1) is 13.0. The lowest BCUT2D eigenvalue weighted by Crippen LogP contribution is -2.41. The first-order valence-electron chi connectivity index (χ1n) is 8.86. The monoisotopic (exact) mass is 367 g/mol. The van der Waals surface area contributed by atoms with Crippen molar-refractivity contribution in [2.75, 3.05) is 0 Å². The Labute approximate surface area is 155 Å². The maximum absolute atomic E-state index is 12.8. The number of benzene rings is 1. The summed E-state index contributed by atoms with van der Waals surface area (Å²) in [6.45, 7) is 0. The van der Waals surface area contributed by atoms with E-state index in [1.807, 2.05) is 31.4 Å². The van der Waals surface area contributed by atoms with Gasteiger partial charge >= 0.3 is 0 Å². The summed E-state index contributed by atoms with van der Waals surface area (Å²) in [5, 5.41) is 19.7. The van der Waals surface area contributed by atoms with Gasteiger partial charge in [0.25, 0.3) is 11.5 Å². The Bertz CT molecular complexity index is 998. The van der Waals surface area contributed by atoms with Gasteiger partial charge in [-0.15, -0.1) is 0 Å². The Morgan fingerprint density at radius 3 is 2.70 bits per heavy atom. The summed E-state index contributed by atoms with van der Waals surface area (Å²) in [7, 11) is 1.81. The number of aryl methyl sites for hydroxylation is 1. The van der Waals surface area contributed by atoms with Gasteiger partial charge in [0.15, 0.2) is 0 Å². The summed E-state index contributed by atoms with van der Waals surface area (Å²) in [5.41, 5.74) is 1.43. The third-order valence-electron chi connectivity index (χ3n) is 4.97. The van der Waals surface area contributed by atoms with Crippen molar-refractivity contribution < 1.29 is 9.90 Å². The molecule has 0 unspecified atom stereocenters. The molecule has 0 bridgehead atoms. The van der Waals surface area contributed by atoms with Crippen molar-refractivity contribution in [3.8, 4) is 5.69 Å². The van der Waals surface area contributed by atoms with Crippen molar-refractivity contribution in [1.29, 1.82) is 0 Å². The molecule has 1 aromatic carbocycles. The lowest BCUT2D eigenvalue weighted by molar-refractivity contribution is 0.0234. The Balaban J connectivity index is 1.57. The van der Waals surface area contributed by atoms with Gasteiger partial charge in [-0.3, -0.25) is 19.4 Å². The zero-order chi connectivity index (χ0) is 19.0. The average Bonchev–Trinajstić information content (AvgIpc) is 3.24. The minimum absolute atomic E-state index is 0.135. The Kier molecular flexibility index (Phi) is 4.41. The maximum atomic E-state index is 12.8. The van der Waals surface area contributed by atoms with E-state index in [0.29, 0.717) is 18.5 Å². The summed E-state index contributed by atoms with van der Waals surface area (Å²) >= 11 is 0. The van der Waals surface area contributed by atoms with Crippen molar-refractivity contribution in [2.45, 2.75) is 25.0 Å². The highest BCUT2D eigenvalue weighted by molar-refractivity contribution is 5.92. The smallest absolute Gasteiger partial charge is 0.271 e. The second-order valence-corrected chi connectivity index (χ2v) is 6.96. The molecule has 2 heterocycles. The normalized spacial score (nSPS) is 20.1. The van der Waals surface area contributed by atoms with E-state index < -0.39 is 0 Å². The number of aromatic nitrogens is 4. The number of aliphatic hydroxyl groups is 1. The van der Waals surface area contributed by atoms with E-state index in [-0.39, 0.29) is 35.2 Å². The summed E-state index contributed by atoms with van der Waals surface area (Å²) in [5.74, 6) is -0.229. The fourth-order valence-electron chi connectivity index (χ4n) is 3.48. The second kappa shape index (κ2) is 6.88. The van der Waals surface area contributed by atoms with Gasteiger partial charge in [0, 0.05) is 24.9 Å². The fourth-order valence-corrected chi connectivity index (χ4v) is 3.48. The highest BCUT2D eigenvalue weighted by Crippen LogP contribution is 2.38. The average molecular weight is 367 g/mol.